The van der Waals surface area contributed by atoms with Crippen LogP contribution >= 0.6 is 0 Å². The molecule has 0 aliphatic carbocycles. The van der Waals surface area contributed by atoms with E-state index in [0.717, 1.165) is 25.7 Å². The van der Waals surface area contributed by atoms with Crippen molar-refractivity contribution >= 4 is 11.9 Å². The van der Waals surface area contributed by atoms with Crippen molar-refractivity contribution < 1.29 is 19.4 Å². The molecular formula is C12H22O4. The highest BCUT2D eigenvalue weighted by Crippen LogP contribution is 2.22. The SMILES string of the molecule is CC(C)(C)CCCCCC(=O)OCC(=O)O. The van der Waals surface area contributed by atoms with Crippen molar-refractivity contribution in [3.63, 3.8) is 0 Å². The summed E-state index contributed by atoms with van der Waals surface area (Å²) < 4.78 is 4.51. The smallest absolute Gasteiger partial charge is 0.341 e. The van der Waals surface area contributed by atoms with Crippen molar-refractivity contribution in [2.75, 3.05) is 6.61 Å². The molecule has 0 fully saturated rings. The van der Waals surface area contributed by atoms with Gasteiger partial charge in [0, 0.05) is 6.42 Å². The number of esters is 1. The fourth-order valence-electron chi connectivity index (χ4n) is 1.32. The molecule has 4 nitrogen and oxygen atoms in total. The number of hydrogen-bond donors (Lipinski definition) is 1. The zero-order valence-electron chi connectivity index (χ0n) is 10.4. The van der Waals surface area contributed by atoms with Crippen molar-refractivity contribution in [3.05, 3.63) is 0 Å². The maximum atomic E-state index is 11.0. The Hall–Kier alpha value is -1.06. The number of carbonyl (C=O) groups is 2. The summed E-state index contributed by atoms with van der Waals surface area (Å²) in [6.07, 6.45) is 4.30. The van der Waals surface area contributed by atoms with Crippen molar-refractivity contribution in [1.82, 2.24) is 0 Å². The quantitative estimate of drug-likeness (QED) is 0.539. The lowest BCUT2D eigenvalue weighted by Gasteiger charge is -2.17. The lowest BCUT2D eigenvalue weighted by Crippen LogP contribution is -2.12. The van der Waals surface area contributed by atoms with Crippen LogP contribution in [-0.2, 0) is 14.3 Å². The largest absolute Gasteiger partial charge is 0.479 e. The normalized spacial score (nSPS) is 11.2. The van der Waals surface area contributed by atoms with Gasteiger partial charge in [-0.3, -0.25) is 4.79 Å². The number of ether oxygens (including phenoxy) is 1. The first-order chi connectivity index (χ1) is 7.31. The summed E-state index contributed by atoms with van der Waals surface area (Å²) in [6.45, 7) is 6.04. The number of hydrogen-bond acceptors (Lipinski definition) is 3. The standard InChI is InChI=1S/C12H22O4/c1-12(2,3)8-6-4-5-7-11(15)16-9-10(13)14/h4-9H2,1-3H3,(H,13,14). The Bertz CT molecular complexity index is 228. The Labute approximate surface area is 97.0 Å². The van der Waals surface area contributed by atoms with Crippen LogP contribution in [0.3, 0.4) is 0 Å². The first-order valence-electron chi connectivity index (χ1n) is 5.69. The van der Waals surface area contributed by atoms with E-state index in [1.165, 1.54) is 0 Å². The highest BCUT2D eigenvalue weighted by Gasteiger charge is 2.10. The summed E-state index contributed by atoms with van der Waals surface area (Å²) >= 11 is 0. The molecule has 0 saturated heterocycles. The van der Waals surface area contributed by atoms with Crippen LogP contribution in [0.1, 0.15) is 52.9 Å². The molecule has 1 N–H and O–H groups in total. The van der Waals surface area contributed by atoms with Crippen LogP contribution in [0.15, 0.2) is 0 Å². The third-order valence-electron chi connectivity index (χ3n) is 2.16. The average molecular weight is 230 g/mol. The summed E-state index contributed by atoms with van der Waals surface area (Å²) in [6, 6.07) is 0. The van der Waals surface area contributed by atoms with Gasteiger partial charge in [0.25, 0.3) is 0 Å². The summed E-state index contributed by atoms with van der Waals surface area (Å²) in [5.74, 6) is -1.53. The molecule has 0 spiro atoms. The number of rotatable bonds is 7. The third kappa shape index (κ3) is 11.0. The zero-order chi connectivity index (χ0) is 12.6. The van der Waals surface area contributed by atoms with Crippen LogP contribution < -0.4 is 0 Å². The van der Waals surface area contributed by atoms with Crippen LogP contribution in [-0.4, -0.2) is 23.7 Å². The molecule has 94 valence electrons. The lowest BCUT2D eigenvalue weighted by molar-refractivity contribution is -0.155. The van der Waals surface area contributed by atoms with Gasteiger partial charge in [-0.2, -0.15) is 0 Å². The van der Waals surface area contributed by atoms with E-state index in [2.05, 4.69) is 25.5 Å². The van der Waals surface area contributed by atoms with Gasteiger partial charge < -0.3 is 9.84 Å². The second kappa shape index (κ2) is 7.25. The maximum absolute atomic E-state index is 11.0. The van der Waals surface area contributed by atoms with E-state index < -0.39 is 18.5 Å². The van der Waals surface area contributed by atoms with Gasteiger partial charge in [-0.25, -0.2) is 4.79 Å². The van der Waals surface area contributed by atoms with E-state index in [1.807, 2.05) is 0 Å². The number of carbonyl (C=O) groups excluding carboxylic acids is 1. The monoisotopic (exact) mass is 230 g/mol. The number of carboxylic acid groups (broad SMARTS) is 1. The minimum absolute atomic E-state index is 0.317. The highest BCUT2D eigenvalue weighted by molar-refractivity contribution is 5.75. The molecule has 0 heterocycles. The second-order valence-electron chi connectivity index (χ2n) is 5.18. The molecule has 0 aliphatic heterocycles. The van der Waals surface area contributed by atoms with Crippen molar-refractivity contribution in [3.8, 4) is 0 Å². The van der Waals surface area contributed by atoms with Crippen LogP contribution in [0.2, 0.25) is 0 Å². The molecular weight excluding hydrogens is 208 g/mol. The minimum Gasteiger partial charge on any atom is -0.479 e. The molecule has 0 saturated carbocycles. The van der Waals surface area contributed by atoms with E-state index >= 15 is 0 Å². The molecule has 0 aromatic rings. The molecule has 0 aromatic heterocycles. The number of unbranched alkanes of at least 4 members (excludes halogenated alkanes) is 2. The van der Waals surface area contributed by atoms with Gasteiger partial charge in [-0.15, -0.1) is 0 Å². The highest BCUT2D eigenvalue weighted by atomic mass is 16.5. The van der Waals surface area contributed by atoms with Gasteiger partial charge in [0.15, 0.2) is 6.61 Å². The minimum atomic E-state index is -1.11. The van der Waals surface area contributed by atoms with E-state index in [0.29, 0.717) is 11.8 Å². The van der Waals surface area contributed by atoms with E-state index in [4.69, 9.17) is 5.11 Å². The Morgan fingerprint density at radius 1 is 1.12 bits per heavy atom. The van der Waals surface area contributed by atoms with Gasteiger partial charge in [-0.05, 0) is 18.3 Å². The van der Waals surface area contributed by atoms with Gasteiger partial charge >= 0.3 is 11.9 Å². The van der Waals surface area contributed by atoms with Gasteiger partial charge in [0.2, 0.25) is 0 Å². The van der Waals surface area contributed by atoms with Crippen LogP contribution in [0.4, 0.5) is 0 Å². The third-order valence-corrected chi connectivity index (χ3v) is 2.16. The molecule has 0 aliphatic rings. The molecule has 16 heavy (non-hydrogen) atoms. The molecule has 0 unspecified atom stereocenters. The fraction of sp³-hybridized carbons (Fsp3) is 0.833. The Balaban J connectivity index is 3.38. The number of carboxylic acids is 1. The molecule has 0 radical (unpaired) electrons. The summed E-state index contributed by atoms with van der Waals surface area (Å²) in [4.78, 5) is 21.1. The fourth-order valence-corrected chi connectivity index (χ4v) is 1.32. The molecule has 4 heteroatoms. The average Bonchev–Trinajstić information content (AvgIpc) is 2.12. The molecule has 0 aromatic carbocycles. The van der Waals surface area contributed by atoms with Crippen LogP contribution in [0, 0.1) is 5.41 Å². The van der Waals surface area contributed by atoms with Crippen molar-refractivity contribution in [2.24, 2.45) is 5.41 Å². The van der Waals surface area contributed by atoms with Crippen molar-refractivity contribution in [1.29, 1.82) is 0 Å². The van der Waals surface area contributed by atoms with Gasteiger partial charge in [-0.1, -0.05) is 33.6 Å². The number of aliphatic carboxylic acids is 1. The van der Waals surface area contributed by atoms with E-state index in [-0.39, 0.29) is 0 Å². The van der Waals surface area contributed by atoms with Gasteiger partial charge in [0.05, 0.1) is 0 Å². The molecule has 0 rings (SSSR count). The van der Waals surface area contributed by atoms with Gasteiger partial charge in [0.1, 0.15) is 0 Å². The molecule has 0 amide bonds. The van der Waals surface area contributed by atoms with Crippen LogP contribution in [0.25, 0.3) is 0 Å². The predicted octanol–water partition coefficient (Wildman–Crippen LogP) is 2.61. The summed E-state index contributed by atoms with van der Waals surface area (Å²) in [7, 11) is 0. The first-order valence-corrected chi connectivity index (χ1v) is 5.69. The first kappa shape index (κ1) is 14.9. The second-order valence-corrected chi connectivity index (χ2v) is 5.18. The lowest BCUT2D eigenvalue weighted by atomic mass is 9.89. The topological polar surface area (TPSA) is 63.6 Å². The molecule has 0 bridgehead atoms. The van der Waals surface area contributed by atoms with Crippen molar-refractivity contribution in [2.45, 2.75) is 52.9 Å². The van der Waals surface area contributed by atoms with E-state index in [9.17, 15) is 9.59 Å². The predicted molar refractivity (Wildman–Crippen MR) is 61.1 cm³/mol. The Morgan fingerprint density at radius 2 is 1.75 bits per heavy atom. The molecule has 0 atom stereocenters. The summed E-state index contributed by atoms with van der Waals surface area (Å²) in [5, 5.41) is 8.28. The Morgan fingerprint density at radius 3 is 2.25 bits per heavy atom. The van der Waals surface area contributed by atoms with E-state index in [1.54, 1.807) is 0 Å². The zero-order valence-corrected chi connectivity index (χ0v) is 10.4. The summed E-state index contributed by atoms with van der Waals surface area (Å²) in [5.41, 5.74) is 0.337. The Kier molecular flexibility index (Phi) is 6.77. The maximum Gasteiger partial charge on any atom is 0.341 e. The van der Waals surface area contributed by atoms with Crippen LogP contribution in [0.5, 0.6) is 0 Å².